The first-order chi connectivity index (χ1) is 18.6. The van der Waals surface area contributed by atoms with Crippen LogP contribution in [0, 0.1) is 0 Å². The van der Waals surface area contributed by atoms with Crippen LogP contribution in [0.4, 0.5) is 0 Å². The van der Waals surface area contributed by atoms with Crippen molar-refractivity contribution in [1.82, 2.24) is 10.6 Å². The van der Waals surface area contributed by atoms with E-state index in [0.29, 0.717) is 5.56 Å². The predicted molar refractivity (Wildman–Crippen MR) is 140 cm³/mol. The summed E-state index contributed by atoms with van der Waals surface area (Å²) in [6, 6.07) is 15.3. The van der Waals surface area contributed by atoms with Gasteiger partial charge in [0.05, 0.1) is 32.0 Å². The van der Waals surface area contributed by atoms with Gasteiger partial charge in [-0.1, -0.05) is 48.5 Å². The molecule has 2 aromatic carbocycles. The number of rotatable bonds is 11. The maximum atomic E-state index is 12.7. The summed E-state index contributed by atoms with van der Waals surface area (Å²) in [6.45, 7) is 4.17. The molecular formula is C28H34N2O9. The third-order valence-corrected chi connectivity index (χ3v) is 6.33. The number of nitrogens with one attached hydrogen (secondary N) is 2. The van der Waals surface area contributed by atoms with Crippen LogP contribution < -0.4 is 10.6 Å². The van der Waals surface area contributed by atoms with Crippen molar-refractivity contribution in [3.8, 4) is 11.1 Å². The second-order valence-corrected chi connectivity index (χ2v) is 9.14. The van der Waals surface area contributed by atoms with Crippen molar-refractivity contribution in [3.63, 3.8) is 0 Å². The first-order valence-corrected chi connectivity index (χ1v) is 12.4. The number of amides is 2. The number of hydrogen-bond acceptors (Lipinski definition) is 9. The van der Waals surface area contributed by atoms with Crippen LogP contribution in [0.5, 0.6) is 0 Å². The number of methoxy groups -OCH3 is 1. The molecule has 11 nitrogen and oxygen atoms in total. The van der Waals surface area contributed by atoms with E-state index < -0.39 is 67.0 Å². The van der Waals surface area contributed by atoms with Crippen molar-refractivity contribution in [2.24, 2.45) is 0 Å². The highest BCUT2D eigenvalue weighted by Crippen LogP contribution is 2.34. The first-order valence-electron chi connectivity index (χ1n) is 12.4. The summed E-state index contributed by atoms with van der Waals surface area (Å²) in [6.07, 6.45) is -5.39. The molecule has 1 aliphatic heterocycles. The van der Waals surface area contributed by atoms with Crippen LogP contribution in [-0.4, -0.2) is 89.6 Å². The van der Waals surface area contributed by atoms with E-state index in [2.05, 4.69) is 17.2 Å². The van der Waals surface area contributed by atoms with Crippen molar-refractivity contribution >= 4 is 17.8 Å². The first kappa shape index (κ1) is 29.9. The molecule has 5 N–H and O–H groups in total. The van der Waals surface area contributed by atoms with E-state index >= 15 is 0 Å². The number of hydrogen-bond donors (Lipinski definition) is 5. The standard InChI is InChI=1S/C28H34N2O9/c1-4-14-38-28(27(36)37-3)15-21(32)23(30-17(2)31)25(39-28)24(34)22(33)16-29-26(35)20-12-10-19(11-13-20)18-8-6-5-7-9-18/h4-13,21-25,32-34H,1,14-16H2,2-3H3,(H,29,35)(H,30,31)/t21-,22-,23-,24-,25?,28-/m1/s1. The SMILES string of the molecule is C=CCO[C@]1(C(=O)OC)C[C@@H](O)[C@@H](NC(C)=O)C([C@H](O)[C@H](O)CNC(=O)c2ccc(-c3ccccc3)cc2)O1. The molecule has 0 radical (unpaired) electrons. The summed E-state index contributed by atoms with van der Waals surface area (Å²) >= 11 is 0. The molecule has 1 unspecified atom stereocenters. The molecule has 210 valence electrons. The minimum Gasteiger partial charge on any atom is -0.465 e. The fraction of sp³-hybridized carbons (Fsp3) is 0.393. The van der Waals surface area contributed by atoms with E-state index in [-0.39, 0.29) is 6.61 Å². The molecule has 3 rings (SSSR count). The van der Waals surface area contributed by atoms with E-state index in [1.54, 1.807) is 24.3 Å². The Balaban J connectivity index is 1.73. The van der Waals surface area contributed by atoms with Gasteiger partial charge < -0.3 is 40.2 Å². The van der Waals surface area contributed by atoms with E-state index in [9.17, 15) is 29.7 Å². The van der Waals surface area contributed by atoms with Crippen LogP contribution in [0.3, 0.4) is 0 Å². The molecule has 2 aromatic rings. The van der Waals surface area contributed by atoms with Crippen LogP contribution in [-0.2, 0) is 23.8 Å². The van der Waals surface area contributed by atoms with Gasteiger partial charge in [0, 0.05) is 25.5 Å². The average Bonchev–Trinajstić information content (AvgIpc) is 2.95. The van der Waals surface area contributed by atoms with Crippen molar-refractivity contribution in [2.45, 2.75) is 49.6 Å². The van der Waals surface area contributed by atoms with Gasteiger partial charge in [-0.15, -0.1) is 6.58 Å². The molecule has 0 aliphatic carbocycles. The van der Waals surface area contributed by atoms with Gasteiger partial charge in [0.15, 0.2) is 0 Å². The molecule has 39 heavy (non-hydrogen) atoms. The maximum Gasteiger partial charge on any atom is 0.366 e. The van der Waals surface area contributed by atoms with Gasteiger partial charge >= 0.3 is 5.97 Å². The Kier molecular flexibility index (Phi) is 10.3. The molecule has 0 bridgehead atoms. The highest BCUT2D eigenvalue weighted by atomic mass is 16.7. The molecular weight excluding hydrogens is 508 g/mol. The number of aliphatic hydroxyl groups excluding tert-OH is 3. The zero-order chi connectivity index (χ0) is 28.6. The van der Waals surface area contributed by atoms with Gasteiger partial charge in [0.25, 0.3) is 11.7 Å². The highest BCUT2D eigenvalue weighted by molar-refractivity contribution is 5.94. The van der Waals surface area contributed by atoms with Crippen LogP contribution in [0.2, 0.25) is 0 Å². The molecule has 0 aromatic heterocycles. The molecule has 1 saturated heterocycles. The molecule has 6 atom stereocenters. The molecule has 1 fully saturated rings. The van der Waals surface area contributed by atoms with Gasteiger partial charge in [-0.2, -0.15) is 0 Å². The number of ether oxygens (including phenoxy) is 3. The van der Waals surface area contributed by atoms with Crippen LogP contribution in [0.1, 0.15) is 23.7 Å². The van der Waals surface area contributed by atoms with Crippen LogP contribution in [0.15, 0.2) is 67.3 Å². The van der Waals surface area contributed by atoms with Crippen LogP contribution >= 0.6 is 0 Å². The van der Waals surface area contributed by atoms with E-state index in [0.717, 1.165) is 18.2 Å². The van der Waals surface area contributed by atoms with Crippen molar-refractivity contribution in [2.75, 3.05) is 20.3 Å². The minimum absolute atomic E-state index is 0.156. The Morgan fingerprint density at radius 1 is 1.13 bits per heavy atom. The molecule has 1 heterocycles. The summed E-state index contributed by atoms with van der Waals surface area (Å²) in [5.74, 6) is -4.16. The Morgan fingerprint density at radius 2 is 1.77 bits per heavy atom. The van der Waals surface area contributed by atoms with Gasteiger partial charge in [-0.25, -0.2) is 4.79 Å². The summed E-state index contributed by atoms with van der Waals surface area (Å²) in [4.78, 5) is 37.1. The molecule has 0 saturated carbocycles. The van der Waals surface area contributed by atoms with Gasteiger partial charge in [0.1, 0.15) is 12.2 Å². The van der Waals surface area contributed by atoms with E-state index in [4.69, 9.17) is 14.2 Å². The Labute approximate surface area is 226 Å². The molecule has 1 aliphatic rings. The Bertz CT molecular complexity index is 1140. The number of aliphatic hydroxyl groups is 3. The third kappa shape index (κ3) is 7.28. The van der Waals surface area contributed by atoms with Gasteiger partial charge in [-0.05, 0) is 23.3 Å². The number of carbonyl (C=O) groups is 3. The number of esters is 1. The largest absolute Gasteiger partial charge is 0.465 e. The lowest BCUT2D eigenvalue weighted by Crippen LogP contribution is -2.68. The van der Waals surface area contributed by atoms with Crippen molar-refractivity contribution in [1.29, 1.82) is 0 Å². The minimum atomic E-state index is -2.13. The predicted octanol–water partition coefficient (Wildman–Crippen LogP) is 0.532. The smallest absolute Gasteiger partial charge is 0.366 e. The molecule has 2 amide bonds. The number of carbonyl (C=O) groups excluding carboxylic acids is 3. The van der Waals surface area contributed by atoms with Crippen molar-refractivity contribution < 1.29 is 43.9 Å². The normalized spacial score (nSPS) is 24.2. The number of benzene rings is 2. The highest BCUT2D eigenvalue weighted by Gasteiger charge is 2.56. The Hall–Kier alpha value is -3.61. The molecule has 0 spiro atoms. The zero-order valence-corrected chi connectivity index (χ0v) is 21.8. The summed E-state index contributed by atoms with van der Waals surface area (Å²) in [5.41, 5.74) is 2.25. The van der Waals surface area contributed by atoms with Gasteiger partial charge in [-0.3, -0.25) is 9.59 Å². The fourth-order valence-electron chi connectivity index (χ4n) is 4.37. The quantitative estimate of drug-likeness (QED) is 0.201. The third-order valence-electron chi connectivity index (χ3n) is 6.33. The topological polar surface area (TPSA) is 164 Å². The monoisotopic (exact) mass is 542 g/mol. The lowest BCUT2D eigenvalue weighted by atomic mass is 9.88. The van der Waals surface area contributed by atoms with Crippen molar-refractivity contribution in [3.05, 3.63) is 72.8 Å². The Morgan fingerprint density at radius 3 is 2.36 bits per heavy atom. The lowest BCUT2D eigenvalue weighted by Gasteiger charge is -2.46. The lowest BCUT2D eigenvalue weighted by molar-refractivity contribution is -0.308. The van der Waals surface area contributed by atoms with E-state index in [1.807, 2.05) is 30.3 Å². The fourth-order valence-corrected chi connectivity index (χ4v) is 4.37. The average molecular weight is 543 g/mol. The summed E-state index contributed by atoms with van der Waals surface area (Å²) in [7, 11) is 1.10. The summed E-state index contributed by atoms with van der Waals surface area (Å²) in [5, 5.41) is 37.5. The second kappa shape index (κ2) is 13.5. The maximum absolute atomic E-state index is 12.7. The summed E-state index contributed by atoms with van der Waals surface area (Å²) < 4.78 is 16.1. The zero-order valence-electron chi connectivity index (χ0n) is 21.8. The van der Waals surface area contributed by atoms with Gasteiger partial charge in [0.2, 0.25) is 5.91 Å². The van der Waals surface area contributed by atoms with E-state index in [1.165, 1.54) is 13.0 Å². The molecule has 11 heteroatoms. The second-order valence-electron chi connectivity index (χ2n) is 9.14. The van der Waals surface area contributed by atoms with Crippen LogP contribution in [0.25, 0.3) is 11.1 Å².